The Balaban J connectivity index is 1.02. The van der Waals surface area contributed by atoms with Crippen LogP contribution in [0.15, 0.2) is 24.4 Å². The van der Waals surface area contributed by atoms with Gasteiger partial charge in [0.05, 0.1) is 25.4 Å². The molecule has 6 rings (SSSR count). The fourth-order valence-corrected chi connectivity index (χ4v) is 7.53. The minimum absolute atomic E-state index is 0.0508. The van der Waals surface area contributed by atoms with Crippen LogP contribution in [0.3, 0.4) is 0 Å². The quantitative estimate of drug-likeness (QED) is 0.377. The van der Waals surface area contributed by atoms with Crippen molar-refractivity contribution in [3.05, 3.63) is 30.0 Å². The predicted octanol–water partition coefficient (Wildman–Crippen LogP) is 4.20. The van der Waals surface area contributed by atoms with Gasteiger partial charge in [-0.15, -0.1) is 0 Å². The summed E-state index contributed by atoms with van der Waals surface area (Å²) < 4.78 is 5.70. The van der Waals surface area contributed by atoms with E-state index in [2.05, 4.69) is 44.2 Å². The summed E-state index contributed by atoms with van der Waals surface area (Å²) >= 11 is 0. The average Bonchev–Trinajstić information content (AvgIpc) is 3.88. The first kappa shape index (κ1) is 32.5. The maximum atomic E-state index is 13.1. The normalized spacial score (nSPS) is 24.2. The first-order valence-electron chi connectivity index (χ1n) is 17.4. The highest BCUT2D eigenvalue weighted by Crippen LogP contribution is 2.37. The monoisotopic (exact) mass is 632 g/mol. The Morgan fingerprint density at radius 2 is 1.80 bits per heavy atom. The van der Waals surface area contributed by atoms with E-state index < -0.39 is 0 Å². The molecule has 2 aliphatic heterocycles. The molecule has 0 bridgehead atoms. The smallest absolute Gasteiger partial charge is 0.249 e. The number of fused-ring (bicyclic) bond motifs is 1. The lowest BCUT2D eigenvalue weighted by Gasteiger charge is -2.42. The van der Waals surface area contributed by atoms with Crippen LogP contribution in [0.1, 0.15) is 71.3 Å². The maximum absolute atomic E-state index is 13.1. The molecule has 1 aromatic heterocycles. The summed E-state index contributed by atoms with van der Waals surface area (Å²) in [5.74, 6) is 2.84. The minimum atomic E-state index is -0.271. The van der Waals surface area contributed by atoms with Gasteiger partial charge in [-0.25, -0.2) is 4.98 Å². The molecule has 2 aromatic rings. The molecule has 0 unspecified atom stereocenters. The number of anilines is 4. The van der Waals surface area contributed by atoms with Gasteiger partial charge in [-0.3, -0.25) is 14.5 Å². The lowest BCUT2D eigenvalue weighted by Crippen LogP contribution is -2.54. The van der Waals surface area contributed by atoms with Crippen LogP contribution in [0.2, 0.25) is 0 Å². The molecule has 0 spiro atoms. The SMILES string of the molecule is CC[C@@H]1C(=O)N(C)c2cnc(Nc3ccc(CC(=O)N[C@H]4CC[C@H](N5CCN(CC6CC6)CC5)CC4)cc3OC)nc2N1C(C)C. The summed E-state index contributed by atoms with van der Waals surface area (Å²) in [6, 6.07) is 6.48. The molecule has 11 heteroatoms. The third kappa shape index (κ3) is 7.25. The molecule has 2 N–H and O–H groups in total. The first-order chi connectivity index (χ1) is 22.2. The molecule has 1 atom stereocenters. The summed E-state index contributed by atoms with van der Waals surface area (Å²) in [6.45, 7) is 12.3. The van der Waals surface area contributed by atoms with Gasteiger partial charge in [0.1, 0.15) is 17.5 Å². The topological polar surface area (TPSA) is 106 Å². The summed E-state index contributed by atoms with van der Waals surface area (Å²) in [5, 5.41) is 6.60. The molecule has 3 heterocycles. The Morgan fingerprint density at radius 3 is 2.46 bits per heavy atom. The van der Waals surface area contributed by atoms with Gasteiger partial charge in [0, 0.05) is 57.9 Å². The molecule has 1 saturated heterocycles. The van der Waals surface area contributed by atoms with E-state index in [1.54, 1.807) is 25.3 Å². The van der Waals surface area contributed by atoms with Crippen molar-refractivity contribution in [1.82, 2.24) is 25.1 Å². The van der Waals surface area contributed by atoms with E-state index >= 15 is 0 Å². The van der Waals surface area contributed by atoms with E-state index in [0.717, 1.165) is 43.0 Å². The minimum Gasteiger partial charge on any atom is -0.495 e. The Bertz CT molecular complexity index is 1380. The molecule has 46 heavy (non-hydrogen) atoms. The second kappa shape index (κ2) is 14.1. The van der Waals surface area contributed by atoms with Crippen LogP contribution in [0.25, 0.3) is 0 Å². The third-order valence-corrected chi connectivity index (χ3v) is 10.3. The Hall–Kier alpha value is -3.44. The first-order valence-corrected chi connectivity index (χ1v) is 17.4. The molecule has 250 valence electrons. The van der Waals surface area contributed by atoms with Crippen molar-refractivity contribution >= 4 is 35.0 Å². The molecule has 2 saturated carbocycles. The molecule has 1 aromatic carbocycles. The van der Waals surface area contributed by atoms with Gasteiger partial charge < -0.3 is 30.1 Å². The summed E-state index contributed by atoms with van der Waals surface area (Å²) in [6.07, 6.45) is 9.95. The zero-order valence-electron chi connectivity index (χ0n) is 28.3. The van der Waals surface area contributed by atoms with E-state index in [4.69, 9.17) is 9.72 Å². The van der Waals surface area contributed by atoms with Gasteiger partial charge in [0.15, 0.2) is 5.82 Å². The molecule has 3 fully saturated rings. The van der Waals surface area contributed by atoms with Crippen molar-refractivity contribution in [2.24, 2.45) is 5.92 Å². The summed E-state index contributed by atoms with van der Waals surface area (Å²) in [5.41, 5.74) is 2.29. The van der Waals surface area contributed by atoms with Crippen molar-refractivity contribution in [2.75, 3.05) is 62.0 Å². The second-order valence-electron chi connectivity index (χ2n) is 13.9. The summed E-state index contributed by atoms with van der Waals surface area (Å²) in [7, 11) is 3.40. The molecule has 4 aliphatic rings. The number of nitrogens with zero attached hydrogens (tertiary/aromatic N) is 6. The van der Waals surface area contributed by atoms with Crippen LogP contribution >= 0.6 is 0 Å². The average molecular weight is 633 g/mol. The highest BCUT2D eigenvalue weighted by molar-refractivity contribution is 6.04. The van der Waals surface area contributed by atoms with E-state index in [9.17, 15) is 9.59 Å². The van der Waals surface area contributed by atoms with E-state index in [-0.39, 0.29) is 29.9 Å². The number of methoxy groups -OCH3 is 1. The van der Waals surface area contributed by atoms with Crippen LogP contribution < -0.4 is 25.2 Å². The van der Waals surface area contributed by atoms with Crippen LogP contribution in [-0.2, 0) is 16.0 Å². The third-order valence-electron chi connectivity index (χ3n) is 10.3. The van der Waals surface area contributed by atoms with Crippen LogP contribution in [0, 0.1) is 5.92 Å². The van der Waals surface area contributed by atoms with E-state index in [1.165, 1.54) is 45.6 Å². The molecule has 11 nitrogen and oxygen atoms in total. The van der Waals surface area contributed by atoms with Crippen molar-refractivity contribution in [3.8, 4) is 5.75 Å². The van der Waals surface area contributed by atoms with Crippen LogP contribution in [-0.4, -0.2) is 103 Å². The van der Waals surface area contributed by atoms with E-state index in [1.807, 2.05) is 25.1 Å². The van der Waals surface area contributed by atoms with Crippen molar-refractivity contribution in [1.29, 1.82) is 0 Å². The number of benzene rings is 1. The fraction of sp³-hybridized carbons (Fsp3) is 0.657. The largest absolute Gasteiger partial charge is 0.495 e. The number of likely N-dealkylation sites (N-methyl/N-ethyl adjacent to an activating group) is 1. The highest BCUT2D eigenvalue weighted by atomic mass is 16.5. The molecule has 0 radical (unpaired) electrons. The second-order valence-corrected chi connectivity index (χ2v) is 13.9. The number of hydrogen-bond donors (Lipinski definition) is 2. The lowest BCUT2D eigenvalue weighted by atomic mass is 9.89. The maximum Gasteiger partial charge on any atom is 0.249 e. The number of amides is 2. The number of carbonyl (C=O) groups is 2. The Labute approximate surface area is 274 Å². The molecule has 2 amide bonds. The number of piperazine rings is 1. The number of aromatic nitrogens is 2. The molecule has 2 aliphatic carbocycles. The van der Waals surface area contributed by atoms with Crippen LogP contribution in [0.4, 0.5) is 23.1 Å². The Morgan fingerprint density at radius 1 is 1.07 bits per heavy atom. The number of rotatable bonds is 11. The molecular formula is C35H52N8O3. The van der Waals surface area contributed by atoms with Gasteiger partial charge >= 0.3 is 0 Å². The number of nitrogens with one attached hydrogen (secondary N) is 2. The van der Waals surface area contributed by atoms with Gasteiger partial charge in [0.25, 0.3) is 0 Å². The molecular weight excluding hydrogens is 580 g/mol. The summed E-state index contributed by atoms with van der Waals surface area (Å²) in [4.78, 5) is 44.5. The van der Waals surface area contributed by atoms with E-state index in [0.29, 0.717) is 42.0 Å². The van der Waals surface area contributed by atoms with Gasteiger partial charge in [-0.1, -0.05) is 13.0 Å². The van der Waals surface area contributed by atoms with Crippen LogP contribution in [0.5, 0.6) is 5.75 Å². The van der Waals surface area contributed by atoms with Crippen molar-refractivity contribution in [2.45, 2.75) is 96.3 Å². The van der Waals surface area contributed by atoms with Gasteiger partial charge in [-0.05, 0) is 82.4 Å². The zero-order chi connectivity index (χ0) is 32.4. The van der Waals surface area contributed by atoms with Gasteiger partial charge in [-0.2, -0.15) is 4.98 Å². The zero-order valence-corrected chi connectivity index (χ0v) is 28.3. The highest BCUT2D eigenvalue weighted by Gasteiger charge is 2.38. The lowest BCUT2D eigenvalue weighted by molar-refractivity contribution is -0.121. The standard InChI is InChI=1S/C35H52N8O3/c1-6-29-34(45)40(4)30-21-36-35(39-33(30)43(29)23(2)3)38-28-14-9-25(19-31(28)46-5)20-32(44)37-26-10-12-27(13-11-26)42-17-15-41(16-18-42)22-24-7-8-24/h9,14,19,21,23-24,26-27,29H,6-8,10-13,15-18,20,22H2,1-5H3,(H,37,44)(H,36,38,39)/t26-,27-,29-/m1/s1. The van der Waals surface area contributed by atoms with Crippen molar-refractivity contribution < 1.29 is 14.3 Å². The number of ether oxygens (including phenoxy) is 1. The van der Waals surface area contributed by atoms with Gasteiger partial charge in [0.2, 0.25) is 17.8 Å². The Kier molecular flexibility index (Phi) is 9.98. The van der Waals surface area contributed by atoms with Crippen molar-refractivity contribution in [3.63, 3.8) is 0 Å². The predicted molar refractivity (Wildman–Crippen MR) is 182 cm³/mol. The fourth-order valence-electron chi connectivity index (χ4n) is 7.53. The number of carbonyl (C=O) groups excluding carboxylic acids is 2. The number of hydrogen-bond acceptors (Lipinski definition) is 9.